The van der Waals surface area contributed by atoms with E-state index in [2.05, 4.69) is 15.6 Å². The van der Waals surface area contributed by atoms with Crippen LogP contribution in [0, 0.1) is 0 Å². The summed E-state index contributed by atoms with van der Waals surface area (Å²) in [5, 5.41) is 4.72. The summed E-state index contributed by atoms with van der Waals surface area (Å²) in [6.45, 7) is 0.562. The third-order valence-corrected chi connectivity index (χ3v) is 3.29. The topological polar surface area (TPSA) is 80.3 Å². The molecule has 1 heterocycles. The number of anilines is 1. The number of hydrogen-bond acceptors (Lipinski definition) is 4. The number of halogens is 3. The first-order valence-electron chi connectivity index (χ1n) is 7.54. The molecule has 2 aromatic rings. The average Bonchev–Trinajstić information content (AvgIpc) is 2.61. The van der Waals surface area contributed by atoms with Crippen molar-refractivity contribution in [2.75, 3.05) is 25.6 Å². The van der Waals surface area contributed by atoms with Crippen molar-refractivity contribution in [3.05, 3.63) is 59.4 Å². The van der Waals surface area contributed by atoms with Crippen molar-refractivity contribution in [1.29, 1.82) is 0 Å². The molecule has 2 amide bonds. The number of pyridine rings is 1. The smallest absolute Gasteiger partial charge is 0.383 e. The van der Waals surface area contributed by atoms with E-state index in [-0.39, 0.29) is 23.6 Å². The minimum absolute atomic E-state index is 0.0298. The Balaban J connectivity index is 2.16. The molecule has 1 aromatic carbocycles. The number of carbonyl (C=O) groups is 2. The number of amides is 2. The summed E-state index contributed by atoms with van der Waals surface area (Å²) in [4.78, 5) is 28.1. The summed E-state index contributed by atoms with van der Waals surface area (Å²) in [6.07, 6.45) is -4.61. The minimum Gasteiger partial charge on any atom is -0.383 e. The SMILES string of the molecule is COCCNC(=O)c1cccc(C(=O)Nc2ccccc2C(F)(F)F)n1. The van der Waals surface area contributed by atoms with Gasteiger partial charge in [0, 0.05) is 13.7 Å². The summed E-state index contributed by atoms with van der Waals surface area (Å²) in [5.41, 5.74) is -1.57. The van der Waals surface area contributed by atoms with Gasteiger partial charge in [-0.15, -0.1) is 0 Å². The van der Waals surface area contributed by atoms with Crippen LogP contribution in [-0.4, -0.2) is 37.1 Å². The van der Waals surface area contributed by atoms with Gasteiger partial charge in [-0.3, -0.25) is 9.59 Å². The van der Waals surface area contributed by atoms with Gasteiger partial charge in [0.1, 0.15) is 11.4 Å². The van der Waals surface area contributed by atoms with Crippen LogP contribution in [0.3, 0.4) is 0 Å². The van der Waals surface area contributed by atoms with Crippen LogP contribution in [0.4, 0.5) is 18.9 Å². The van der Waals surface area contributed by atoms with Crippen molar-refractivity contribution >= 4 is 17.5 Å². The maximum absolute atomic E-state index is 13.0. The number of nitrogens with zero attached hydrogens (tertiary/aromatic N) is 1. The Morgan fingerprint density at radius 3 is 2.35 bits per heavy atom. The zero-order valence-corrected chi connectivity index (χ0v) is 13.8. The Bertz CT molecular complexity index is 794. The van der Waals surface area contributed by atoms with Gasteiger partial charge in [-0.1, -0.05) is 18.2 Å². The number of ether oxygens (including phenoxy) is 1. The quantitative estimate of drug-likeness (QED) is 0.770. The Hall–Kier alpha value is -2.94. The van der Waals surface area contributed by atoms with Crippen molar-refractivity contribution in [2.24, 2.45) is 0 Å². The van der Waals surface area contributed by atoms with Crippen LogP contribution in [0.2, 0.25) is 0 Å². The second-order valence-electron chi connectivity index (χ2n) is 5.15. The minimum atomic E-state index is -4.61. The maximum Gasteiger partial charge on any atom is 0.418 e. The number of aromatic nitrogens is 1. The highest BCUT2D eigenvalue weighted by atomic mass is 19.4. The molecule has 2 N–H and O–H groups in total. The van der Waals surface area contributed by atoms with Gasteiger partial charge >= 0.3 is 6.18 Å². The molecule has 26 heavy (non-hydrogen) atoms. The third-order valence-electron chi connectivity index (χ3n) is 3.29. The van der Waals surface area contributed by atoms with Gasteiger partial charge in [-0.05, 0) is 24.3 Å². The van der Waals surface area contributed by atoms with E-state index in [4.69, 9.17) is 4.74 Å². The Morgan fingerprint density at radius 2 is 1.69 bits per heavy atom. The van der Waals surface area contributed by atoms with Gasteiger partial charge in [-0.2, -0.15) is 13.2 Å². The van der Waals surface area contributed by atoms with E-state index in [0.29, 0.717) is 6.61 Å². The van der Waals surface area contributed by atoms with Crippen molar-refractivity contribution < 1.29 is 27.5 Å². The number of benzene rings is 1. The molecule has 9 heteroatoms. The fourth-order valence-electron chi connectivity index (χ4n) is 2.07. The lowest BCUT2D eigenvalue weighted by molar-refractivity contribution is -0.136. The van der Waals surface area contributed by atoms with Crippen LogP contribution in [0.15, 0.2) is 42.5 Å². The Morgan fingerprint density at radius 1 is 1.04 bits per heavy atom. The highest BCUT2D eigenvalue weighted by Gasteiger charge is 2.33. The summed E-state index contributed by atoms with van der Waals surface area (Å²) in [7, 11) is 1.48. The van der Waals surface area contributed by atoms with E-state index < -0.39 is 23.6 Å². The summed E-state index contributed by atoms with van der Waals surface area (Å²) >= 11 is 0. The van der Waals surface area contributed by atoms with E-state index >= 15 is 0 Å². The highest BCUT2D eigenvalue weighted by Crippen LogP contribution is 2.34. The number of nitrogens with one attached hydrogen (secondary N) is 2. The summed E-state index contributed by atoms with van der Waals surface area (Å²) in [5.74, 6) is -1.37. The molecule has 0 aliphatic rings. The molecule has 0 radical (unpaired) electrons. The van der Waals surface area contributed by atoms with Gasteiger partial charge in [0.05, 0.1) is 17.9 Å². The number of carbonyl (C=O) groups excluding carboxylic acids is 2. The Kier molecular flexibility index (Phi) is 6.29. The van der Waals surface area contributed by atoms with Gasteiger partial charge in [0.25, 0.3) is 11.8 Å². The fraction of sp³-hybridized carbons (Fsp3) is 0.235. The largest absolute Gasteiger partial charge is 0.418 e. The zero-order valence-electron chi connectivity index (χ0n) is 13.8. The predicted octanol–water partition coefficient (Wildman–Crippen LogP) is 2.73. The lowest BCUT2D eigenvalue weighted by atomic mass is 10.1. The van der Waals surface area contributed by atoms with Crippen LogP contribution in [0.25, 0.3) is 0 Å². The molecule has 1 aromatic heterocycles. The second kappa shape index (κ2) is 8.43. The first kappa shape index (κ1) is 19.4. The van der Waals surface area contributed by atoms with E-state index in [9.17, 15) is 22.8 Å². The van der Waals surface area contributed by atoms with Crippen LogP contribution >= 0.6 is 0 Å². The molecule has 138 valence electrons. The molecule has 0 bridgehead atoms. The summed E-state index contributed by atoms with van der Waals surface area (Å²) in [6, 6.07) is 8.72. The molecular weight excluding hydrogens is 351 g/mol. The van der Waals surface area contributed by atoms with Gasteiger partial charge < -0.3 is 15.4 Å². The molecule has 0 unspecified atom stereocenters. The lowest BCUT2D eigenvalue weighted by Gasteiger charge is -2.13. The van der Waals surface area contributed by atoms with E-state index in [0.717, 1.165) is 12.1 Å². The van der Waals surface area contributed by atoms with E-state index in [1.807, 2.05) is 0 Å². The standard InChI is InChI=1S/C17H16F3N3O3/c1-26-10-9-21-15(24)13-7-4-8-14(22-13)16(25)23-12-6-3-2-5-11(12)17(18,19)20/h2-8H,9-10H2,1H3,(H,21,24)(H,23,25). The molecule has 0 aliphatic heterocycles. The lowest BCUT2D eigenvalue weighted by Crippen LogP contribution is -2.28. The normalized spacial score (nSPS) is 11.1. The first-order valence-corrected chi connectivity index (χ1v) is 7.54. The number of para-hydroxylation sites is 1. The molecule has 6 nitrogen and oxygen atoms in total. The molecule has 2 rings (SSSR count). The summed E-state index contributed by atoms with van der Waals surface area (Å²) < 4.78 is 43.8. The second-order valence-corrected chi connectivity index (χ2v) is 5.15. The monoisotopic (exact) mass is 367 g/mol. The van der Waals surface area contributed by atoms with Crippen LogP contribution in [0.1, 0.15) is 26.5 Å². The van der Waals surface area contributed by atoms with E-state index in [1.165, 1.54) is 37.4 Å². The van der Waals surface area contributed by atoms with Gasteiger partial charge in [-0.25, -0.2) is 4.98 Å². The van der Waals surface area contributed by atoms with Crippen molar-refractivity contribution in [1.82, 2.24) is 10.3 Å². The van der Waals surface area contributed by atoms with Crippen LogP contribution < -0.4 is 10.6 Å². The number of hydrogen-bond donors (Lipinski definition) is 2. The molecule has 0 aliphatic carbocycles. The predicted molar refractivity (Wildman–Crippen MR) is 87.8 cm³/mol. The number of methoxy groups -OCH3 is 1. The average molecular weight is 367 g/mol. The number of alkyl halides is 3. The molecule has 0 atom stereocenters. The van der Waals surface area contributed by atoms with E-state index in [1.54, 1.807) is 0 Å². The van der Waals surface area contributed by atoms with Crippen molar-refractivity contribution in [3.8, 4) is 0 Å². The number of rotatable bonds is 6. The van der Waals surface area contributed by atoms with Crippen LogP contribution in [-0.2, 0) is 10.9 Å². The highest BCUT2D eigenvalue weighted by molar-refractivity contribution is 6.04. The van der Waals surface area contributed by atoms with Crippen molar-refractivity contribution in [3.63, 3.8) is 0 Å². The maximum atomic E-state index is 13.0. The molecule has 0 fully saturated rings. The fourth-order valence-corrected chi connectivity index (χ4v) is 2.07. The van der Waals surface area contributed by atoms with Crippen molar-refractivity contribution in [2.45, 2.75) is 6.18 Å². The molecular formula is C17H16F3N3O3. The van der Waals surface area contributed by atoms with Crippen LogP contribution in [0.5, 0.6) is 0 Å². The van der Waals surface area contributed by atoms with Gasteiger partial charge in [0.15, 0.2) is 0 Å². The first-order chi connectivity index (χ1) is 12.3. The molecule has 0 saturated carbocycles. The molecule has 0 saturated heterocycles. The third kappa shape index (κ3) is 5.03. The van der Waals surface area contributed by atoms with Gasteiger partial charge in [0.2, 0.25) is 0 Å². The molecule has 0 spiro atoms. The Labute approximate surface area is 147 Å². The zero-order chi connectivity index (χ0) is 19.2.